The highest BCUT2D eigenvalue weighted by atomic mass is 32.2. The van der Waals surface area contributed by atoms with Crippen LogP contribution in [0.1, 0.15) is 0 Å². The van der Waals surface area contributed by atoms with E-state index in [2.05, 4.69) is 4.98 Å². The summed E-state index contributed by atoms with van der Waals surface area (Å²) in [5, 5.41) is 0. The molecule has 1 aromatic carbocycles. The van der Waals surface area contributed by atoms with Crippen LogP contribution in [-0.2, 0) is 10.0 Å². The summed E-state index contributed by atoms with van der Waals surface area (Å²) in [4.78, 5) is 6.50. The molecule has 0 spiro atoms. The van der Waals surface area contributed by atoms with Gasteiger partial charge in [-0.15, -0.1) is 0 Å². The maximum Gasteiger partial charge on any atom is 0.242 e. The third-order valence-electron chi connectivity index (χ3n) is 3.34. The fourth-order valence-corrected chi connectivity index (χ4v) is 2.81. The smallest absolute Gasteiger partial charge is 0.242 e. The Kier molecular flexibility index (Phi) is 5.57. The number of anilines is 1. The van der Waals surface area contributed by atoms with Crippen molar-refractivity contribution in [3.63, 3.8) is 0 Å². The lowest BCUT2D eigenvalue weighted by molar-refractivity contribution is 0.325. The Morgan fingerprint density at radius 3 is 2.30 bits per heavy atom. The van der Waals surface area contributed by atoms with Crippen LogP contribution in [0.4, 0.5) is 5.82 Å². The van der Waals surface area contributed by atoms with Crippen LogP contribution in [0.15, 0.2) is 53.6 Å². The number of ether oxygens (including phenoxy) is 1. The number of benzene rings is 1. The molecule has 23 heavy (non-hydrogen) atoms. The Morgan fingerprint density at radius 1 is 1.04 bits per heavy atom. The van der Waals surface area contributed by atoms with Crippen LogP contribution in [-0.4, -0.2) is 52.0 Å². The molecular formula is C16H21N3O3S. The second-order valence-electron chi connectivity index (χ2n) is 5.22. The fraction of sp³-hybridized carbons (Fsp3) is 0.312. The van der Waals surface area contributed by atoms with Crippen molar-refractivity contribution in [2.24, 2.45) is 0 Å². The summed E-state index contributed by atoms with van der Waals surface area (Å²) in [6.07, 6.45) is 1.75. The standard InChI is InChI=1S/C16H21N3O3S/c1-18(2)23(20,21)15-9-7-14(8-10-15)22-13-12-19(3)16-6-4-5-11-17-16/h4-11H,12-13H2,1-3H3. The molecule has 0 amide bonds. The number of hydrogen-bond acceptors (Lipinski definition) is 5. The fourth-order valence-electron chi connectivity index (χ4n) is 1.91. The first-order valence-corrected chi connectivity index (χ1v) is 8.63. The number of rotatable bonds is 7. The van der Waals surface area contributed by atoms with Gasteiger partial charge in [-0.1, -0.05) is 6.07 Å². The maximum atomic E-state index is 12.0. The van der Waals surface area contributed by atoms with Gasteiger partial charge in [-0.2, -0.15) is 0 Å². The molecule has 0 aliphatic heterocycles. The predicted molar refractivity (Wildman–Crippen MR) is 90.3 cm³/mol. The minimum atomic E-state index is -3.40. The lowest BCUT2D eigenvalue weighted by Crippen LogP contribution is -2.24. The number of hydrogen-bond donors (Lipinski definition) is 0. The Balaban J connectivity index is 1.90. The summed E-state index contributed by atoms with van der Waals surface area (Å²) < 4.78 is 30.8. The SMILES string of the molecule is CN(CCOc1ccc(S(=O)(=O)N(C)C)cc1)c1ccccn1. The van der Waals surface area contributed by atoms with E-state index in [-0.39, 0.29) is 4.90 Å². The number of nitrogens with zero attached hydrogens (tertiary/aromatic N) is 3. The molecule has 0 unspecified atom stereocenters. The molecule has 0 radical (unpaired) electrons. The number of pyridine rings is 1. The van der Waals surface area contributed by atoms with E-state index in [9.17, 15) is 8.42 Å². The van der Waals surface area contributed by atoms with Crippen LogP contribution in [0.2, 0.25) is 0 Å². The Hall–Kier alpha value is -2.12. The van der Waals surface area contributed by atoms with E-state index in [1.165, 1.54) is 18.4 Å². The molecule has 1 heterocycles. The minimum absolute atomic E-state index is 0.250. The lowest BCUT2D eigenvalue weighted by Gasteiger charge is -2.18. The van der Waals surface area contributed by atoms with E-state index >= 15 is 0 Å². The first kappa shape index (κ1) is 17.2. The van der Waals surface area contributed by atoms with Crippen LogP contribution >= 0.6 is 0 Å². The summed E-state index contributed by atoms with van der Waals surface area (Å²) in [6, 6.07) is 12.2. The molecule has 0 saturated carbocycles. The summed E-state index contributed by atoms with van der Waals surface area (Å²) in [5.74, 6) is 1.51. The average Bonchev–Trinajstić information content (AvgIpc) is 2.56. The molecule has 2 rings (SSSR count). The molecule has 1 aromatic heterocycles. The van der Waals surface area contributed by atoms with Gasteiger partial charge in [-0.3, -0.25) is 0 Å². The molecule has 7 heteroatoms. The zero-order valence-electron chi connectivity index (χ0n) is 13.5. The molecule has 0 fully saturated rings. The Morgan fingerprint density at radius 2 is 1.74 bits per heavy atom. The van der Waals surface area contributed by atoms with Crippen LogP contribution < -0.4 is 9.64 Å². The molecule has 124 valence electrons. The second kappa shape index (κ2) is 7.43. The van der Waals surface area contributed by atoms with Crippen molar-refractivity contribution in [3.05, 3.63) is 48.7 Å². The van der Waals surface area contributed by atoms with Gasteiger partial charge in [0.05, 0.1) is 11.4 Å². The van der Waals surface area contributed by atoms with Gasteiger partial charge in [0.15, 0.2) is 0 Å². The van der Waals surface area contributed by atoms with Crippen molar-refractivity contribution < 1.29 is 13.2 Å². The molecule has 0 aliphatic rings. The normalized spacial score (nSPS) is 11.5. The van der Waals surface area contributed by atoms with Crippen molar-refractivity contribution in [2.75, 3.05) is 39.2 Å². The van der Waals surface area contributed by atoms with Gasteiger partial charge in [0.1, 0.15) is 18.2 Å². The number of likely N-dealkylation sites (N-methyl/N-ethyl adjacent to an activating group) is 1. The average molecular weight is 335 g/mol. The van der Waals surface area contributed by atoms with Gasteiger partial charge < -0.3 is 9.64 Å². The number of aromatic nitrogens is 1. The van der Waals surface area contributed by atoms with Gasteiger partial charge in [-0.25, -0.2) is 17.7 Å². The van der Waals surface area contributed by atoms with Crippen molar-refractivity contribution in [1.82, 2.24) is 9.29 Å². The van der Waals surface area contributed by atoms with Crippen molar-refractivity contribution in [1.29, 1.82) is 0 Å². The lowest BCUT2D eigenvalue weighted by atomic mass is 10.3. The molecule has 2 aromatic rings. The van der Waals surface area contributed by atoms with Crippen LogP contribution in [0.3, 0.4) is 0 Å². The van der Waals surface area contributed by atoms with Crippen molar-refractivity contribution in [2.45, 2.75) is 4.90 Å². The van der Waals surface area contributed by atoms with Crippen LogP contribution in [0.25, 0.3) is 0 Å². The monoisotopic (exact) mass is 335 g/mol. The molecule has 0 N–H and O–H groups in total. The molecule has 0 atom stereocenters. The highest BCUT2D eigenvalue weighted by Crippen LogP contribution is 2.18. The zero-order chi connectivity index (χ0) is 16.9. The largest absolute Gasteiger partial charge is 0.492 e. The Labute approximate surface area is 137 Å². The quantitative estimate of drug-likeness (QED) is 0.773. The second-order valence-corrected chi connectivity index (χ2v) is 7.37. The summed E-state index contributed by atoms with van der Waals surface area (Å²) >= 11 is 0. The first-order valence-electron chi connectivity index (χ1n) is 7.19. The summed E-state index contributed by atoms with van der Waals surface area (Å²) in [6.45, 7) is 1.15. The van der Waals surface area contributed by atoms with E-state index in [0.717, 1.165) is 5.82 Å². The maximum absolute atomic E-state index is 12.0. The van der Waals surface area contributed by atoms with Crippen LogP contribution in [0.5, 0.6) is 5.75 Å². The molecule has 0 aliphatic carbocycles. The van der Waals surface area contributed by atoms with Gasteiger partial charge in [-0.05, 0) is 36.4 Å². The minimum Gasteiger partial charge on any atom is -0.492 e. The molecule has 6 nitrogen and oxygen atoms in total. The number of sulfonamides is 1. The molecule has 0 bridgehead atoms. The summed E-state index contributed by atoms with van der Waals surface area (Å²) in [5.41, 5.74) is 0. The molecule has 0 saturated heterocycles. The van der Waals surface area contributed by atoms with Gasteiger partial charge in [0.25, 0.3) is 0 Å². The topological polar surface area (TPSA) is 62.7 Å². The molecular weight excluding hydrogens is 314 g/mol. The highest BCUT2D eigenvalue weighted by molar-refractivity contribution is 7.89. The first-order chi connectivity index (χ1) is 10.9. The van der Waals surface area contributed by atoms with Gasteiger partial charge >= 0.3 is 0 Å². The van der Waals surface area contributed by atoms with E-state index in [4.69, 9.17) is 4.74 Å². The third-order valence-corrected chi connectivity index (χ3v) is 5.17. The van der Waals surface area contributed by atoms with E-state index in [0.29, 0.717) is 18.9 Å². The van der Waals surface area contributed by atoms with E-state index < -0.39 is 10.0 Å². The van der Waals surface area contributed by atoms with Gasteiger partial charge in [0, 0.05) is 27.3 Å². The summed E-state index contributed by atoms with van der Waals surface area (Å²) in [7, 11) is 1.55. The van der Waals surface area contributed by atoms with E-state index in [1.54, 1.807) is 30.5 Å². The van der Waals surface area contributed by atoms with Crippen molar-refractivity contribution >= 4 is 15.8 Å². The Bertz CT molecular complexity index is 716. The van der Waals surface area contributed by atoms with Crippen molar-refractivity contribution in [3.8, 4) is 5.75 Å². The van der Waals surface area contributed by atoms with E-state index in [1.807, 2.05) is 30.1 Å². The zero-order valence-corrected chi connectivity index (χ0v) is 14.3. The highest BCUT2D eigenvalue weighted by Gasteiger charge is 2.16. The van der Waals surface area contributed by atoms with Gasteiger partial charge in [0.2, 0.25) is 10.0 Å². The predicted octanol–water partition coefficient (Wildman–Crippen LogP) is 1.85. The van der Waals surface area contributed by atoms with Crippen LogP contribution in [0, 0.1) is 0 Å². The third kappa shape index (κ3) is 4.43.